The molecular weight excluding hydrogens is 335 g/mol. The van der Waals surface area contributed by atoms with Gasteiger partial charge >= 0.3 is 6.03 Å². The fourth-order valence-electron chi connectivity index (χ4n) is 3.06. The topological polar surface area (TPSA) is 66.5 Å². The molecule has 26 heavy (non-hydrogen) atoms. The smallest absolute Gasteiger partial charge is 0.315 e. The predicted octanol–water partition coefficient (Wildman–Crippen LogP) is 2.70. The number of hydrogen-bond acceptors (Lipinski definition) is 4. The van der Waals surface area contributed by atoms with Gasteiger partial charge in [-0.2, -0.15) is 0 Å². The molecule has 6 nitrogen and oxygen atoms in total. The summed E-state index contributed by atoms with van der Waals surface area (Å²) in [6.07, 6.45) is 5.29. The largest absolute Gasteiger partial charge is 0.497 e. The highest BCUT2D eigenvalue weighted by Gasteiger charge is 2.20. The van der Waals surface area contributed by atoms with Gasteiger partial charge in [0.15, 0.2) is 0 Å². The van der Waals surface area contributed by atoms with Crippen molar-refractivity contribution in [3.8, 4) is 5.75 Å². The van der Waals surface area contributed by atoms with Gasteiger partial charge in [-0.1, -0.05) is 0 Å². The van der Waals surface area contributed by atoms with Crippen LogP contribution in [0.2, 0.25) is 0 Å². The summed E-state index contributed by atoms with van der Waals surface area (Å²) in [5.41, 5.74) is 1.54. The normalized spacial score (nSPS) is 14.8. The Morgan fingerprint density at radius 3 is 2.69 bits per heavy atom. The van der Waals surface area contributed by atoms with Gasteiger partial charge < -0.3 is 20.3 Å². The van der Waals surface area contributed by atoms with Crippen LogP contribution in [0.15, 0.2) is 42.7 Å². The number of nitrogens with one attached hydrogen (secondary N) is 2. The number of urea groups is 1. The molecule has 2 N–H and O–H groups in total. The third-order valence-electron chi connectivity index (χ3n) is 4.55. The molecule has 138 valence electrons. The first-order valence-electron chi connectivity index (χ1n) is 8.67. The molecule has 3 rings (SSSR count). The molecule has 2 heterocycles. The van der Waals surface area contributed by atoms with E-state index in [0.717, 1.165) is 31.6 Å². The van der Waals surface area contributed by atoms with E-state index in [4.69, 9.17) is 4.74 Å². The maximum absolute atomic E-state index is 13.8. The van der Waals surface area contributed by atoms with Crippen LogP contribution in [0.1, 0.15) is 18.4 Å². The van der Waals surface area contributed by atoms with Crippen molar-refractivity contribution in [2.75, 3.05) is 25.1 Å². The number of pyridine rings is 1. The van der Waals surface area contributed by atoms with E-state index < -0.39 is 0 Å². The molecule has 7 heteroatoms. The maximum Gasteiger partial charge on any atom is 0.315 e. The fourth-order valence-corrected chi connectivity index (χ4v) is 3.06. The van der Waals surface area contributed by atoms with Crippen molar-refractivity contribution >= 4 is 11.7 Å². The first-order chi connectivity index (χ1) is 12.7. The van der Waals surface area contributed by atoms with E-state index in [0.29, 0.717) is 11.3 Å². The van der Waals surface area contributed by atoms with Crippen LogP contribution in [0.25, 0.3) is 0 Å². The number of carbonyl (C=O) groups excluding carboxylic acids is 1. The number of ether oxygens (including phenoxy) is 1. The van der Waals surface area contributed by atoms with E-state index in [1.165, 1.54) is 13.2 Å². The lowest BCUT2D eigenvalue weighted by Crippen LogP contribution is -2.47. The Bertz CT molecular complexity index is 734. The second-order valence-corrected chi connectivity index (χ2v) is 6.25. The molecule has 0 atom stereocenters. The second kappa shape index (κ2) is 8.51. The number of piperidine rings is 1. The summed E-state index contributed by atoms with van der Waals surface area (Å²) in [4.78, 5) is 18.4. The average molecular weight is 358 g/mol. The van der Waals surface area contributed by atoms with Crippen LogP contribution in [0, 0.1) is 5.82 Å². The number of benzene rings is 1. The minimum Gasteiger partial charge on any atom is -0.497 e. The van der Waals surface area contributed by atoms with Gasteiger partial charge in [-0.25, -0.2) is 9.18 Å². The van der Waals surface area contributed by atoms with Gasteiger partial charge in [0.1, 0.15) is 11.6 Å². The molecule has 0 aliphatic carbocycles. The third-order valence-corrected chi connectivity index (χ3v) is 4.55. The Balaban J connectivity index is 1.45. The fraction of sp³-hybridized carbons (Fsp3) is 0.368. The Morgan fingerprint density at radius 1 is 1.27 bits per heavy atom. The van der Waals surface area contributed by atoms with Crippen molar-refractivity contribution in [1.82, 2.24) is 15.6 Å². The number of aromatic nitrogens is 1. The highest BCUT2D eigenvalue weighted by molar-refractivity contribution is 5.74. The lowest BCUT2D eigenvalue weighted by Gasteiger charge is -2.33. The van der Waals surface area contributed by atoms with E-state index in [9.17, 15) is 9.18 Å². The third kappa shape index (κ3) is 4.62. The van der Waals surface area contributed by atoms with E-state index in [2.05, 4.69) is 20.5 Å². The maximum atomic E-state index is 13.8. The van der Waals surface area contributed by atoms with Gasteiger partial charge in [0.2, 0.25) is 0 Å². The van der Waals surface area contributed by atoms with Crippen LogP contribution < -0.4 is 20.3 Å². The van der Waals surface area contributed by atoms with Crippen molar-refractivity contribution in [3.63, 3.8) is 0 Å². The number of hydrogen-bond donors (Lipinski definition) is 2. The van der Waals surface area contributed by atoms with Crippen molar-refractivity contribution in [2.24, 2.45) is 0 Å². The Kier molecular flexibility index (Phi) is 5.88. The summed E-state index contributed by atoms with van der Waals surface area (Å²) in [7, 11) is 1.52. The molecule has 2 aromatic rings. The van der Waals surface area contributed by atoms with Crippen molar-refractivity contribution in [3.05, 3.63) is 54.1 Å². The molecule has 1 aliphatic rings. The van der Waals surface area contributed by atoms with Crippen LogP contribution in [0.3, 0.4) is 0 Å². The molecule has 0 saturated carbocycles. The van der Waals surface area contributed by atoms with Crippen LogP contribution in [0.5, 0.6) is 5.75 Å². The van der Waals surface area contributed by atoms with Crippen LogP contribution in [-0.2, 0) is 6.54 Å². The summed E-state index contributed by atoms with van der Waals surface area (Å²) < 4.78 is 18.9. The lowest BCUT2D eigenvalue weighted by molar-refractivity contribution is 0.234. The van der Waals surface area contributed by atoms with Gasteiger partial charge in [-0.3, -0.25) is 4.98 Å². The summed E-state index contributed by atoms with van der Waals surface area (Å²) in [5, 5.41) is 5.68. The lowest BCUT2D eigenvalue weighted by atomic mass is 10.0. The molecule has 0 unspecified atom stereocenters. The predicted molar refractivity (Wildman–Crippen MR) is 97.8 cm³/mol. The van der Waals surface area contributed by atoms with Crippen LogP contribution in [-0.4, -0.2) is 37.3 Å². The molecule has 1 fully saturated rings. The molecule has 0 radical (unpaired) electrons. The van der Waals surface area contributed by atoms with Gasteiger partial charge in [0.05, 0.1) is 7.11 Å². The molecule has 1 saturated heterocycles. The van der Waals surface area contributed by atoms with Gasteiger partial charge in [0, 0.05) is 49.3 Å². The Labute approximate surface area is 152 Å². The first-order valence-corrected chi connectivity index (χ1v) is 8.67. The molecule has 1 aromatic carbocycles. The van der Waals surface area contributed by atoms with Gasteiger partial charge in [0.25, 0.3) is 0 Å². The van der Waals surface area contributed by atoms with E-state index in [1.807, 2.05) is 12.1 Å². The molecule has 2 amide bonds. The molecular formula is C19H23FN4O2. The minimum atomic E-state index is -0.364. The summed E-state index contributed by atoms with van der Waals surface area (Å²) in [6.45, 7) is 1.86. The number of halogens is 1. The Morgan fingerprint density at radius 2 is 2.00 bits per heavy atom. The number of anilines is 1. The van der Waals surface area contributed by atoms with Crippen molar-refractivity contribution in [1.29, 1.82) is 0 Å². The van der Waals surface area contributed by atoms with E-state index >= 15 is 0 Å². The quantitative estimate of drug-likeness (QED) is 0.862. The van der Waals surface area contributed by atoms with Crippen LogP contribution >= 0.6 is 0 Å². The van der Waals surface area contributed by atoms with Crippen molar-refractivity contribution < 1.29 is 13.9 Å². The van der Waals surface area contributed by atoms with Crippen molar-refractivity contribution in [2.45, 2.75) is 25.4 Å². The summed E-state index contributed by atoms with van der Waals surface area (Å²) in [6, 6.07) is 8.28. The monoisotopic (exact) mass is 358 g/mol. The van der Waals surface area contributed by atoms with Gasteiger partial charge in [-0.15, -0.1) is 0 Å². The van der Waals surface area contributed by atoms with E-state index in [-0.39, 0.29) is 24.4 Å². The average Bonchev–Trinajstić information content (AvgIpc) is 2.68. The minimum absolute atomic E-state index is 0.114. The highest BCUT2D eigenvalue weighted by Crippen LogP contribution is 2.19. The zero-order chi connectivity index (χ0) is 18.4. The first kappa shape index (κ1) is 18.0. The summed E-state index contributed by atoms with van der Waals surface area (Å²) >= 11 is 0. The van der Waals surface area contributed by atoms with E-state index in [1.54, 1.807) is 24.5 Å². The second-order valence-electron chi connectivity index (χ2n) is 6.25. The molecule has 0 spiro atoms. The zero-order valence-corrected chi connectivity index (χ0v) is 14.7. The molecule has 0 bridgehead atoms. The number of amides is 2. The number of rotatable bonds is 5. The number of carbonyl (C=O) groups is 1. The van der Waals surface area contributed by atoms with Gasteiger partial charge in [-0.05, 0) is 43.2 Å². The molecule has 1 aliphatic heterocycles. The Hall–Kier alpha value is -2.83. The summed E-state index contributed by atoms with van der Waals surface area (Å²) in [5.74, 6) is 0.198. The highest BCUT2D eigenvalue weighted by atomic mass is 19.1. The zero-order valence-electron chi connectivity index (χ0n) is 14.7. The molecule has 1 aromatic heterocycles. The standard InChI is InChI=1S/C19H23FN4O2/c1-26-17-2-3-18(20)14(12-17)13-22-19(25)23-15-6-10-24(11-7-15)16-4-8-21-9-5-16/h2-5,8-9,12,15H,6-7,10-11,13H2,1H3,(H2,22,23,25). The number of methoxy groups -OCH3 is 1. The SMILES string of the molecule is COc1ccc(F)c(CNC(=O)NC2CCN(c3ccncc3)CC2)c1. The van der Waals surface area contributed by atoms with Crippen LogP contribution in [0.4, 0.5) is 14.9 Å². The number of nitrogens with zero attached hydrogens (tertiary/aromatic N) is 2.